The van der Waals surface area contributed by atoms with Crippen molar-refractivity contribution in [2.75, 3.05) is 5.75 Å². The minimum Gasteiger partial charge on any atom is -0.504 e. The molecule has 0 bridgehead atoms. The number of phenols is 2. The van der Waals surface area contributed by atoms with Crippen LogP contribution in [0.5, 0.6) is 11.5 Å². The molecule has 6 nitrogen and oxygen atoms in total. The normalized spacial score (nSPS) is 40.9. The number of rotatable bonds is 5. The summed E-state index contributed by atoms with van der Waals surface area (Å²) in [6.45, 7) is 13.2. The fourth-order valence-electron chi connectivity index (χ4n) is 9.29. The zero-order valence-corrected chi connectivity index (χ0v) is 25.0. The Bertz CT molecular complexity index is 1270. The number of hydrogen-bond donors (Lipinski definition) is 4. The van der Waals surface area contributed by atoms with Gasteiger partial charge in [0.1, 0.15) is 0 Å². The van der Waals surface area contributed by atoms with E-state index in [2.05, 4.69) is 33.8 Å². The number of thioether (sulfide) groups is 1. The van der Waals surface area contributed by atoms with Crippen LogP contribution in [0.4, 0.5) is 0 Å². The van der Waals surface area contributed by atoms with E-state index >= 15 is 0 Å². The van der Waals surface area contributed by atoms with Gasteiger partial charge in [0, 0.05) is 16.4 Å². The first-order valence-corrected chi connectivity index (χ1v) is 15.4. The molecule has 1 aromatic rings. The van der Waals surface area contributed by atoms with Gasteiger partial charge in [-0.25, -0.2) is 0 Å². The Kier molecular flexibility index (Phi) is 6.49. The molecule has 39 heavy (non-hydrogen) atoms. The Morgan fingerprint density at radius 2 is 1.64 bits per heavy atom. The van der Waals surface area contributed by atoms with E-state index in [-0.39, 0.29) is 50.7 Å². The van der Waals surface area contributed by atoms with Gasteiger partial charge in [-0.2, -0.15) is 0 Å². The first-order chi connectivity index (χ1) is 18.0. The molecule has 7 heteroatoms. The number of phenolic OH excluding ortho intramolecular Hbond substituents is 2. The predicted octanol–water partition coefficient (Wildman–Crippen LogP) is 7.35. The molecular weight excluding hydrogens is 512 g/mol. The molecule has 0 radical (unpaired) electrons. The zero-order valence-electron chi connectivity index (χ0n) is 24.2. The monoisotopic (exact) mass is 556 g/mol. The topological polar surface area (TPSA) is 115 Å². The molecular formula is C32H44O6S. The van der Waals surface area contributed by atoms with Crippen molar-refractivity contribution in [2.24, 2.45) is 27.6 Å². The van der Waals surface area contributed by atoms with E-state index in [1.807, 2.05) is 13.8 Å². The molecule has 3 saturated carbocycles. The highest BCUT2D eigenvalue weighted by Crippen LogP contribution is 2.75. The second-order valence-corrected chi connectivity index (χ2v) is 15.5. The summed E-state index contributed by atoms with van der Waals surface area (Å²) in [4.78, 5) is 23.7. The predicted molar refractivity (Wildman–Crippen MR) is 153 cm³/mol. The third-order valence-corrected chi connectivity index (χ3v) is 13.4. The lowest BCUT2D eigenvalue weighted by Gasteiger charge is -2.70. The highest BCUT2D eigenvalue weighted by atomic mass is 32.2. The van der Waals surface area contributed by atoms with E-state index in [9.17, 15) is 30.0 Å². The molecule has 0 amide bonds. The maximum absolute atomic E-state index is 12.4. The van der Waals surface area contributed by atoms with Crippen LogP contribution in [0.2, 0.25) is 0 Å². The van der Waals surface area contributed by atoms with Crippen LogP contribution in [0.3, 0.4) is 0 Å². The summed E-state index contributed by atoms with van der Waals surface area (Å²) in [5.41, 5.74) is 2.84. The fraction of sp³-hybridized carbons (Fsp3) is 0.688. The number of aliphatic carboxylic acids is 2. The number of carbonyl (C=O) groups is 2. The smallest absolute Gasteiger partial charge is 0.309 e. The number of carboxylic acids is 2. The molecule has 4 aliphatic carbocycles. The second kappa shape index (κ2) is 8.92. The van der Waals surface area contributed by atoms with Gasteiger partial charge in [-0.1, -0.05) is 39.3 Å². The lowest BCUT2D eigenvalue weighted by atomic mass is 9.34. The fourth-order valence-corrected chi connectivity index (χ4v) is 10.5. The third kappa shape index (κ3) is 3.88. The molecule has 0 heterocycles. The van der Waals surface area contributed by atoms with Gasteiger partial charge in [0.2, 0.25) is 0 Å². The van der Waals surface area contributed by atoms with Crippen molar-refractivity contribution in [2.45, 2.75) is 104 Å². The van der Waals surface area contributed by atoms with E-state index in [0.717, 1.165) is 49.7 Å². The first-order valence-electron chi connectivity index (χ1n) is 14.4. The third-order valence-electron chi connectivity index (χ3n) is 12.2. The van der Waals surface area contributed by atoms with E-state index in [0.29, 0.717) is 17.7 Å². The van der Waals surface area contributed by atoms with Crippen LogP contribution in [0, 0.1) is 34.5 Å². The van der Waals surface area contributed by atoms with E-state index in [1.54, 1.807) is 17.8 Å². The minimum atomic E-state index is -0.830. The first kappa shape index (κ1) is 28.4. The SMILES string of the molecule is Cc1c(O)c(O)cc2c1C(SCCC(=O)O)C=C1C2(C)CCC2(C)C3CC(C)(C(=O)O)CCC3(C)CCC12C. The average molecular weight is 557 g/mol. The summed E-state index contributed by atoms with van der Waals surface area (Å²) in [6.07, 6.45) is 8.68. The molecule has 0 saturated heterocycles. The number of benzene rings is 1. The van der Waals surface area contributed by atoms with Crippen molar-refractivity contribution in [1.82, 2.24) is 0 Å². The van der Waals surface area contributed by atoms with Gasteiger partial charge in [0.25, 0.3) is 0 Å². The number of allylic oxidation sites excluding steroid dienone is 1. The Labute approximate surface area is 236 Å². The van der Waals surface area contributed by atoms with Gasteiger partial charge in [0.15, 0.2) is 11.5 Å². The summed E-state index contributed by atoms with van der Waals surface area (Å²) >= 11 is 1.59. The quantitative estimate of drug-likeness (QED) is 0.221. The summed E-state index contributed by atoms with van der Waals surface area (Å²) in [6, 6.07) is 1.75. The molecule has 3 fully saturated rings. The molecule has 4 N–H and O–H groups in total. The number of carboxylic acid groups (broad SMARTS) is 2. The summed E-state index contributed by atoms with van der Waals surface area (Å²) < 4.78 is 0. The lowest BCUT2D eigenvalue weighted by molar-refractivity contribution is -0.177. The molecule has 7 atom stereocenters. The van der Waals surface area contributed by atoms with E-state index in [4.69, 9.17) is 0 Å². The number of hydrogen-bond acceptors (Lipinski definition) is 5. The Morgan fingerprint density at radius 1 is 0.974 bits per heavy atom. The van der Waals surface area contributed by atoms with Crippen LogP contribution in [-0.2, 0) is 15.0 Å². The van der Waals surface area contributed by atoms with Gasteiger partial charge < -0.3 is 20.4 Å². The molecule has 1 aromatic carbocycles. The highest BCUT2D eigenvalue weighted by molar-refractivity contribution is 7.99. The highest BCUT2D eigenvalue weighted by Gasteiger charge is 2.67. The molecule has 5 rings (SSSR count). The molecule has 214 valence electrons. The van der Waals surface area contributed by atoms with Crippen LogP contribution < -0.4 is 0 Å². The molecule has 0 aliphatic heterocycles. The van der Waals surface area contributed by atoms with Crippen molar-refractivity contribution in [3.63, 3.8) is 0 Å². The average Bonchev–Trinajstić information content (AvgIpc) is 2.86. The van der Waals surface area contributed by atoms with Gasteiger partial charge >= 0.3 is 11.9 Å². The van der Waals surface area contributed by atoms with Gasteiger partial charge in [0.05, 0.1) is 11.8 Å². The van der Waals surface area contributed by atoms with Crippen LogP contribution >= 0.6 is 11.8 Å². The van der Waals surface area contributed by atoms with Crippen molar-refractivity contribution < 1.29 is 30.0 Å². The van der Waals surface area contributed by atoms with Crippen molar-refractivity contribution >= 4 is 23.7 Å². The van der Waals surface area contributed by atoms with Crippen molar-refractivity contribution in [1.29, 1.82) is 0 Å². The van der Waals surface area contributed by atoms with Crippen LogP contribution in [0.1, 0.15) is 108 Å². The van der Waals surface area contributed by atoms with Crippen molar-refractivity contribution in [3.8, 4) is 11.5 Å². The lowest BCUT2D eigenvalue weighted by Crippen LogP contribution is -2.62. The number of aromatic hydroxyl groups is 2. The largest absolute Gasteiger partial charge is 0.504 e. The summed E-state index contributed by atoms with van der Waals surface area (Å²) in [5, 5.41) is 40.8. The van der Waals surface area contributed by atoms with Crippen LogP contribution in [0.15, 0.2) is 17.7 Å². The van der Waals surface area contributed by atoms with Gasteiger partial charge in [-0.3, -0.25) is 9.59 Å². The second-order valence-electron chi connectivity index (χ2n) is 14.2. The Hall–Kier alpha value is -2.15. The van der Waals surface area contributed by atoms with Crippen LogP contribution in [-0.4, -0.2) is 38.1 Å². The Morgan fingerprint density at radius 3 is 2.28 bits per heavy atom. The number of fused-ring (bicyclic) bond motifs is 7. The van der Waals surface area contributed by atoms with Crippen LogP contribution in [0.25, 0.3) is 0 Å². The van der Waals surface area contributed by atoms with E-state index < -0.39 is 17.4 Å². The summed E-state index contributed by atoms with van der Waals surface area (Å²) in [7, 11) is 0. The van der Waals surface area contributed by atoms with Gasteiger partial charge in [-0.05, 0) is 104 Å². The van der Waals surface area contributed by atoms with Gasteiger partial charge in [-0.15, -0.1) is 11.8 Å². The molecule has 0 aromatic heterocycles. The summed E-state index contributed by atoms with van der Waals surface area (Å²) in [5.74, 6) is -1.00. The Balaban J connectivity index is 1.66. The maximum Gasteiger partial charge on any atom is 0.309 e. The standard InChI is InChI=1S/C32H44O6S/c1-18-25-19(15-20(33)26(18)36)30(4)11-13-32(6)23-17-29(3,27(37)38)9-8-28(23,2)10-12-31(32,5)22(30)16-21(25)39-14-7-24(34)35/h15-16,21,23,33,36H,7-14,17H2,1-6H3,(H,34,35)(H,37,38). The molecule has 0 spiro atoms. The minimum absolute atomic E-state index is 0.0588. The molecule has 4 aliphatic rings. The zero-order chi connectivity index (χ0) is 28.8. The molecule has 7 unspecified atom stereocenters. The maximum atomic E-state index is 12.4. The van der Waals surface area contributed by atoms with E-state index in [1.165, 1.54) is 5.57 Å². The van der Waals surface area contributed by atoms with Crippen molar-refractivity contribution in [3.05, 3.63) is 34.4 Å².